The molecule has 136 valence electrons. The van der Waals surface area contributed by atoms with Crippen molar-refractivity contribution in [2.24, 2.45) is 7.05 Å². The topological polar surface area (TPSA) is 72.1 Å². The van der Waals surface area contributed by atoms with Crippen molar-refractivity contribution in [3.63, 3.8) is 0 Å². The zero-order chi connectivity index (χ0) is 18.3. The molecule has 0 atom stereocenters. The third-order valence-electron chi connectivity index (χ3n) is 4.91. The van der Waals surface area contributed by atoms with E-state index in [1.54, 1.807) is 12.5 Å². The second-order valence-corrected chi connectivity index (χ2v) is 6.83. The lowest BCUT2D eigenvalue weighted by molar-refractivity contribution is 0.0706. The smallest absolute Gasteiger partial charge is 0.255 e. The van der Waals surface area contributed by atoms with Gasteiger partial charge < -0.3 is 14.4 Å². The molecule has 0 N–H and O–H groups in total. The summed E-state index contributed by atoms with van der Waals surface area (Å²) in [5, 5.41) is 4.66. The van der Waals surface area contributed by atoms with Crippen LogP contribution in [0.25, 0.3) is 11.2 Å². The number of carbonyl (C=O) groups excluding carboxylic acids is 1. The Kier molecular flexibility index (Phi) is 4.20. The van der Waals surface area contributed by atoms with Gasteiger partial charge >= 0.3 is 0 Å². The Labute approximate surface area is 152 Å². The molecule has 8 heteroatoms. The molecule has 0 fully saturated rings. The Hall–Kier alpha value is -2.74. The number of pyridine rings is 1. The fourth-order valence-electron chi connectivity index (χ4n) is 3.28. The predicted octanol–water partition coefficient (Wildman–Crippen LogP) is 1.27. The number of aromatic nitrogens is 5. The van der Waals surface area contributed by atoms with E-state index in [0.717, 1.165) is 42.2 Å². The summed E-state index contributed by atoms with van der Waals surface area (Å²) in [6.07, 6.45) is 3.35. The van der Waals surface area contributed by atoms with Gasteiger partial charge in [-0.05, 0) is 25.7 Å². The number of nitrogens with zero attached hydrogens (tertiary/aromatic N) is 7. The van der Waals surface area contributed by atoms with Crippen molar-refractivity contribution in [3.05, 3.63) is 41.6 Å². The predicted molar refractivity (Wildman–Crippen MR) is 97.5 cm³/mol. The van der Waals surface area contributed by atoms with E-state index in [9.17, 15) is 4.79 Å². The zero-order valence-corrected chi connectivity index (χ0v) is 15.4. The molecule has 1 aliphatic heterocycles. The van der Waals surface area contributed by atoms with Gasteiger partial charge in [0.25, 0.3) is 5.91 Å². The summed E-state index contributed by atoms with van der Waals surface area (Å²) in [7, 11) is 3.97. The Bertz CT molecular complexity index is 958. The minimum atomic E-state index is -0.00951. The normalized spacial score (nSPS) is 14.2. The van der Waals surface area contributed by atoms with Crippen LogP contribution in [0, 0.1) is 0 Å². The van der Waals surface area contributed by atoms with Gasteiger partial charge in [0.1, 0.15) is 5.52 Å². The summed E-state index contributed by atoms with van der Waals surface area (Å²) in [5.41, 5.74) is 4.23. The summed E-state index contributed by atoms with van der Waals surface area (Å²) in [4.78, 5) is 25.6. The molecule has 4 rings (SSSR count). The third-order valence-corrected chi connectivity index (χ3v) is 4.91. The average Bonchev–Trinajstić information content (AvgIpc) is 3.22. The molecule has 4 heterocycles. The Balaban J connectivity index is 1.52. The highest BCUT2D eigenvalue weighted by atomic mass is 16.2. The highest BCUT2D eigenvalue weighted by Gasteiger charge is 2.24. The Morgan fingerprint density at radius 2 is 2.12 bits per heavy atom. The van der Waals surface area contributed by atoms with Gasteiger partial charge in [0.15, 0.2) is 5.65 Å². The van der Waals surface area contributed by atoms with Gasteiger partial charge in [-0.1, -0.05) is 6.92 Å². The second kappa shape index (κ2) is 6.53. The van der Waals surface area contributed by atoms with Crippen LogP contribution in [0.3, 0.4) is 0 Å². The van der Waals surface area contributed by atoms with Crippen molar-refractivity contribution in [1.82, 2.24) is 34.1 Å². The molecule has 8 nitrogen and oxygen atoms in total. The van der Waals surface area contributed by atoms with E-state index < -0.39 is 0 Å². The van der Waals surface area contributed by atoms with Crippen LogP contribution >= 0.6 is 0 Å². The molecular weight excluding hydrogens is 330 g/mol. The summed E-state index contributed by atoms with van der Waals surface area (Å²) in [6, 6.07) is 3.92. The molecule has 0 radical (unpaired) electrons. The van der Waals surface area contributed by atoms with Crippen LogP contribution in [0.5, 0.6) is 0 Å². The molecule has 0 aromatic carbocycles. The lowest BCUT2D eigenvalue weighted by atomic mass is 10.2. The number of hydrogen-bond acceptors (Lipinski definition) is 5. The van der Waals surface area contributed by atoms with Gasteiger partial charge in [-0.25, -0.2) is 9.97 Å². The summed E-state index contributed by atoms with van der Waals surface area (Å²) in [6.45, 7) is 5.87. The molecule has 3 aromatic rings. The van der Waals surface area contributed by atoms with Gasteiger partial charge in [-0.15, -0.1) is 0 Å². The number of hydrogen-bond donors (Lipinski definition) is 0. The van der Waals surface area contributed by atoms with Crippen LogP contribution in [-0.4, -0.2) is 60.2 Å². The Morgan fingerprint density at radius 3 is 2.92 bits per heavy atom. The largest absolute Gasteiger partial charge is 0.331 e. The summed E-state index contributed by atoms with van der Waals surface area (Å²) >= 11 is 0. The van der Waals surface area contributed by atoms with Gasteiger partial charge in [0.05, 0.1) is 36.4 Å². The van der Waals surface area contributed by atoms with Crippen molar-refractivity contribution in [2.75, 3.05) is 20.1 Å². The fourth-order valence-corrected chi connectivity index (χ4v) is 3.28. The highest BCUT2D eigenvalue weighted by Crippen LogP contribution is 2.18. The van der Waals surface area contributed by atoms with E-state index in [0.29, 0.717) is 18.7 Å². The van der Waals surface area contributed by atoms with E-state index >= 15 is 0 Å². The van der Waals surface area contributed by atoms with Crippen LogP contribution in [-0.2, 0) is 26.7 Å². The van der Waals surface area contributed by atoms with Gasteiger partial charge in [0.2, 0.25) is 0 Å². The van der Waals surface area contributed by atoms with Crippen molar-refractivity contribution in [1.29, 1.82) is 0 Å². The van der Waals surface area contributed by atoms with Crippen molar-refractivity contribution in [2.45, 2.75) is 26.6 Å². The molecule has 1 aliphatic rings. The number of rotatable bonds is 4. The maximum atomic E-state index is 12.9. The molecule has 0 bridgehead atoms. The first-order chi connectivity index (χ1) is 12.5. The lowest BCUT2D eigenvalue weighted by Crippen LogP contribution is -2.38. The monoisotopic (exact) mass is 353 g/mol. The first-order valence-corrected chi connectivity index (χ1v) is 8.85. The molecule has 26 heavy (non-hydrogen) atoms. The van der Waals surface area contributed by atoms with Gasteiger partial charge in [-0.2, -0.15) is 5.10 Å². The Morgan fingerprint density at radius 1 is 1.27 bits per heavy atom. The van der Waals surface area contributed by atoms with Crippen molar-refractivity contribution >= 4 is 17.1 Å². The first kappa shape index (κ1) is 16.7. The number of carbonyl (C=O) groups is 1. The van der Waals surface area contributed by atoms with Crippen molar-refractivity contribution < 1.29 is 4.79 Å². The molecule has 3 aromatic heterocycles. The molecular formula is C18H23N7O. The average molecular weight is 353 g/mol. The van der Waals surface area contributed by atoms with E-state index in [4.69, 9.17) is 0 Å². The van der Waals surface area contributed by atoms with E-state index in [1.165, 1.54) is 0 Å². The summed E-state index contributed by atoms with van der Waals surface area (Å²) in [5.74, 6) is -0.00951. The standard InChI is InChI=1S/C18H23N7O/c1-4-22(2)10-14-8-15-11-24(5-6-25(15)21-14)18(26)13-7-16-17(19-9-13)23(3)12-20-16/h7-9,12H,4-6,10-11H2,1-3H3. The molecule has 0 spiro atoms. The zero-order valence-electron chi connectivity index (χ0n) is 15.4. The molecule has 0 aliphatic carbocycles. The van der Waals surface area contributed by atoms with Crippen LogP contribution in [0.2, 0.25) is 0 Å². The lowest BCUT2D eigenvalue weighted by Gasteiger charge is -2.27. The van der Waals surface area contributed by atoms with Gasteiger partial charge in [-0.3, -0.25) is 9.48 Å². The maximum absolute atomic E-state index is 12.9. The molecule has 0 saturated heterocycles. The highest BCUT2D eigenvalue weighted by molar-refractivity contribution is 5.96. The SMILES string of the molecule is CCN(C)Cc1cc2n(n1)CCN(C(=O)c1cnc3c(c1)ncn3C)C2. The summed E-state index contributed by atoms with van der Waals surface area (Å²) < 4.78 is 3.86. The molecule has 0 unspecified atom stereocenters. The maximum Gasteiger partial charge on any atom is 0.255 e. The fraction of sp³-hybridized carbons (Fsp3) is 0.444. The van der Waals surface area contributed by atoms with Crippen LogP contribution < -0.4 is 0 Å². The van der Waals surface area contributed by atoms with Crippen LogP contribution in [0.4, 0.5) is 0 Å². The van der Waals surface area contributed by atoms with E-state index in [2.05, 4.69) is 40.0 Å². The number of imidazole rings is 1. The molecule has 1 amide bonds. The third kappa shape index (κ3) is 2.96. The minimum absolute atomic E-state index is 0.00951. The minimum Gasteiger partial charge on any atom is -0.331 e. The van der Waals surface area contributed by atoms with Crippen molar-refractivity contribution in [3.8, 4) is 0 Å². The number of aryl methyl sites for hydroxylation is 1. The van der Waals surface area contributed by atoms with Crippen LogP contribution in [0.1, 0.15) is 28.7 Å². The number of amides is 1. The number of fused-ring (bicyclic) bond motifs is 2. The second-order valence-electron chi connectivity index (χ2n) is 6.83. The molecule has 0 saturated carbocycles. The quantitative estimate of drug-likeness (QED) is 0.706. The van der Waals surface area contributed by atoms with E-state index in [-0.39, 0.29) is 5.91 Å². The first-order valence-electron chi connectivity index (χ1n) is 8.85. The van der Waals surface area contributed by atoms with E-state index in [1.807, 2.05) is 27.3 Å². The van der Waals surface area contributed by atoms with Gasteiger partial charge in [0, 0.05) is 26.3 Å². The van der Waals surface area contributed by atoms with Crippen LogP contribution in [0.15, 0.2) is 24.7 Å².